The fourth-order valence-electron chi connectivity index (χ4n) is 9.36. The first-order valence-corrected chi connectivity index (χ1v) is 38.1. The van der Waals surface area contributed by atoms with Crippen LogP contribution in [0.5, 0.6) is 0 Å². The fraction of sp³-hybridized carbons (Fsp3) is 0.746. The third-order valence-corrected chi connectivity index (χ3v) is 13.3. The minimum atomic E-state index is -0.229. The van der Waals surface area contributed by atoms with Crippen molar-refractivity contribution in [2.24, 2.45) is 28.1 Å². The van der Waals surface area contributed by atoms with E-state index in [4.69, 9.17) is 19.1 Å². The smallest absolute Gasteiger partial charge is 0.186 e. The van der Waals surface area contributed by atoms with Crippen molar-refractivity contribution >= 4 is 67.6 Å². The maximum absolute atomic E-state index is 11.3. The van der Waals surface area contributed by atoms with Crippen LogP contribution in [0.2, 0.25) is 0 Å². The number of allylic oxidation sites excluding steroid dienone is 8. The monoisotopic (exact) mass is 1340 g/mol. The number of hydrogen-bond donors (Lipinski definition) is 0. The fourth-order valence-corrected chi connectivity index (χ4v) is 9.36. The molecule has 0 aromatic carbocycles. The van der Waals surface area contributed by atoms with Gasteiger partial charge in [0.05, 0.1) is 26.2 Å². The summed E-state index contributed by atoms with van der Waals surface area (Å²) in [7, 11) is 0. The summed E-state index contributed by atoms with van der Waals surface area (Å²) in [6, 6.07) is 0. The SMILES string of the molecule is C.C.CC1=C(CCC(C)C=O)C(C)(C)CCC1.CCCC(=O)OCC.CCOC(=O)/C=C/C(C)CCC1=C(C)CCCC1(C)C.CCOC(=O)C/C=C(\C)CCC1=C(C)CCCC1(C)C.I[I-]I.O=C=O. The summed E-state index contributed by atoms with van der Waals surface area (Å²) in [6.07, 6.45) is 26.9. The van der Waals surface area contributed by atoms with Crippen LogP contribution in [-0.2, 0) is 43.0 Å². The number of carbonyl (C=O) groups excluding carboxylic acids is 6. The Hall–Kier alpha value is -1.65. The Morgan fingerprint density at radius 1 is 0.648 bits per heavy atom. The van der Waals surface area contributed by atoms with E-state index in [0.29, 0.717) is 68.1 Å². The van der Waals surface area contributed by atoms with E-state index < -0.39 is 0 Å². The summed E-state index contributed by atoms with van der Waals surface area (Å²) in [5.74, 6) is 0.184. The Morgan fingerprint density at radius 2 is 1.01 bits per heavy atom. The van der Waals surface area contributed by atoms with Gasteiger partial charge in [0, 0.05) is 18.4 Å². The van der Waals surface area contributed by atoms with Gasteiger partial charge in [0.25, 0.3) is 0 Å². The van der Waals surface area contributed by atoms with Crippen LogP contribution in [0, 0.1) is 28.1 Å². The van der Waals surface area contributed by atoms with E-state index in [0.717, 1.165) is 51.2 Å². The number of rotatable bonds is 19. The van der Waals surface area contributed by atoms with Gasteiger partial charge in [-0.05, 0) is 173 Å². The van der Waals surface area contributed by atoms with E-state index in [1.54, 1.807) is 39.5 Å². The van der Waals surface area contributed by atoms with Gasteiger partial charge in [0.1, 0.15) is 6.29 Å². The van der Waals surface area contributed by atoms with Crippen molar-refractivity contribution in [1.29, 1.82) is 0 Å². The van der Waals surface area contributed by atoms with Crippen LogP contribution in [0.3, 0.4) is 0 Å². The molecule has 0 amide bonds. The van der Waals surface area contributed by atoms with Crippen molar-refractivity contribution in [2.45, 2.75) is 241 Å². The van der Waals surface area contributed by atoms with Gasteiger partial charge in [0.2, 0.25) is 0 Å². The third-order valence-electron chi connectivity index (χ3n) is 13.3. The molecule has 12 heteroatoms. The van der Waals surface area contributed by atoms with Gasteiger partial charge in [-0.2, -0.15) is 9.59 Å². The molecule has 0 N–H and O–H groups in total. The standard InChI is InChI=1S/2C18H30O2.C14H24O.C6H12O2.CO2.2CH4.I3/c2*1-6-20-17(19)12-10-14(2)9-11-16-15(3)8-7-13-18(16,4)5;1-11(10-15)7-8-13-12(2)6-5-9-14(13,3)4;1-3-5-6(7)8-4-2;2-1-3;;;1-3-2/h10H,6-9,11-13H2,1-5H3;10,12,14H,6-9,11,13H2,1-5H3;10-11H,5-9H2,1-4H3;3-5H2,1-2H3;;2*1H4;/q;;;;;;;-1/b14-10+;12-10+;;;;;;. The van der Waals surface area contributed by atoms with Gasteiger partial charge in [-0.1, -0.05) is 128 Å². The zero-order valence-electron chi connectivity index (χ0n) is 46.1. The molecule has 71 heavy (non-hydrogen) atoms. The van der Waals surface area contributed by atoms with Crippen LogP contribution in [-0.4, -0.2) is 50.2 Å². The molecule has 3 aliphatic carbocycles. The molecule has 9 nitrogen and oxygen atoms in total. The average molecular weight is 1340 g/mol. The largest absolute Gasteiger partial charge is 0.373 e. The van der Waals surface area contributed by atoms with Crippen molar-refractivity contribution < 1.29 is 56.2 Å². The van der Waals surface area contributed by atoms with Gasteiger partial charge in [-0.25, -0.2) is 4.79 Å². The molecule has 2 atom stereocenters. The van der Waals surface area contributed by atoms with Crippen molar-refractivity contribution in [1.82, 2.24) is 0 Å². The van der Waals surface area contributed by atoms with Crippen molar-refractivity contribution in [3.05, 3.63) is 57.2 Å². The number of halogens is 3. The van der Waals surface area contributed by atoms with E-state index in [2.05, 4.69) is 118 Å². The molecule has 0 aromatic heterocycles. The molecular formula is C59H104I3O9-. The van der Waals surface area contributed by atoms with E-state index in [-0.39, 0.29) is 44.8 Å². The Morgan fingerprint density at radius 3 is 1.37 bits per heavy atom. The molecule has 3 aliphatic rings. The molecule has 3 rings (SSSR count). The minimum absolute atomic E-state index is 0. The Labute approximate surface area is 466 Å². The van der Waals surface area contributed by atoms with Crippen molar-refractivity contribution in [3.8, 4) is 0 Å². The quantitative estimate of drug-likeness (QED) is 0.0310. The first-order valence-electron chi connectivity index (χ1n) is 25.5. The molecule has 0 aliphatic heterocycles. The molecule has 0 aromatic rings. The predicted molar refractivity (Wildman–Crippen MR) is 312 cm³/mol. The molecular weight excluding hydrogens is 1230 g/mol. The van der Waals surface area contributed by atoms with Crippen molar-refractivity contribution in [3.63, 3.8) is 0 Å². The third kappa shape index (κ3) is 38.5. The van der Waals surface area contributed by atoms with Crippen LogP contribution < -0.4 is 13.3 Å². The first kappa shape index (κ1) is 78.2. The summed E-state index contributed by atoms with van der Waals surface area (Å²) in [5.41, 5.74) is 12.0. The number of carbonyl (C=O) groups is 4. The normalized spacial score (nSPS) is 17.3. The second-order valence-electron chi connectivity index (χ2n) is 20.5. The van der Waals surface area contributed by atoms with Crippen LogP contribution in [0.15, 0.2) is 57.2 Å². The summed E-state index contributed by atoms with van der Waals surface area (Å²) in [5, 5.41) is 0. The number of ether oxygens (including phenoxy) is 3. The zero-order valence-corrected chi connectivity index (χ0v) is 52.6. The summed E-state index contributed by atoms with van der Waals surface area (Å²) in [4.78, 5) is 59.9. The molecule has 0 fully saturated rings. The molecule has 0 saturated heterocycles. The molecule has 0 heterocycles. The van der Waals surface area contributed by atoms with E-state index >= 15 is 0 Å². The maximum atomic E-state index is 11.3. The first-order chi connectivity index (χ1) is 32.3. The van der Waals surface area contributed by atoms with Gasteiger partial charge in [-0.3, -0.25) is 9.59 Å². The molecule has 0 spiro atoms. The molecule has 0 radical (unpaired) electrons. The Balaban J connectivity index is -0.000000269. The van der Waals surface area contributed by atoms with Crippen LogP contribution in [0.4, 0.5) is 0 Å². The number of aldehydes is 1. The predicted octanol–water partition coefficient (Wildman–Crippen LogP) is 15.2. The summed E-state index contributed by atoms with van der Waals surface area (Å²) < 4.78 is 14.5. The van der Waals surface area contributed by atoms with Gasteiger partial charge in [0.15, 0.2) is 0 Å². The second-order valence-corrected chi connectivity index (χ2v) is 36.8. The van der Waals surface area contributed by atoms with Crippen LogP contribution in [0.25, 0.3) is 0 Å². The minimum Gasteiger partial charge on any atom is -0.186 e. The van der Waals surface area contributed by atoms with E-state index in [1.165, 1.54) is 63.4 Å². The van der Waals surface area contributed by atoms with E-state index in [1.807, 2.05) is 46.8 Å². The molecule has 2 unspecified atom stereocenters. The zero-order chi connectivity index (χ0) is 53.6. The topological polar surface area (TPSA) is 130 Å². The Bertz CT molecular complexity index is 1670. The average Bonchev–Trinajstić information content (AvgIpc) is 3.25. The van der Waals surface area contributed by atoms with Gasteiger partial charge < -0.3 is 19.0 Å². The summed E-state index contributed by atoms with van der Waals surface area (Å²) in [6.45, 7) is 36.1. The van der Waals surface area contributed by atoms with E-state index in [9.17, 15) is 19.2 Å². The van der Waals surface area contributed by atoms with Gasteiger partial charge in [-0.15, -0.1) is 0 Å². The maximum Gasteiger partial charge on any atom is 0.373 e. The molecule has 0 saturated carbocycles. The molecule has 416 valence electrons. The van der Waals surface area contributed by atoms with Gasteiger partial charge >= 0.3 is 74.5 Å². The van der Waals surface area contributed by atoms with Crippen LogP contribution >= 0.6 is 37.2 Å². The summed E-state index contributed by atoms with van der Waals surface area (Å²) >= 11 is 5.30. The van der Waals surface area contributed by atoms with Crippen molar-refractivity contribution in [2.75, 3.05) is 19.8 Å². The molecule has 0 bridgehead atoms. The number of esters is 3. The number of hydrogen-bond acceptors (Lipinski definition) is 9. The van der Waals surface area contributed by atoms with Crippen LogP contribution in [0.1, 0.15) is 241 Å². The second kappa shape index (κ2) is 45.7. The Kier molecular flexibility index (Phi) is 50.4.